The van der Waals surface area contributed by atoms with Crippen molar-refractivity contribution in [1.29, 1.82) is 0 Å². The molecule has 0 radical (unpaired) electrons. The van der Waals surface area contributed by atoms with E-state index in [1.54, 1.807) is 4.72 Å². The van der Waals surface area contributed by atoms with Crippen LogP contribution in [0.5, 0.6) is 0 Å². The maximum Gasteiger partial charge on any atom is 0.259 e. The summed E-state index contributed by atoms with van der Waals surface area (Å²) in [6.45, 7) is 0.864. The number of amides is 1. The van der Waals surface area contributed by atoms with Crippen molar-refractivity contribution in [1.82, 2.24) is 5.32 Å². The molecule has 1 aliphatic carbocycles. The highest BCUT2D eigenvalue weighted by molar-refractivity contribution is 7.91. The highest BCUT2D eigenvalue weighted by Gasteiger charge is 2.34. The number of carbonyl (C=O) groups is 2. The summed E-state index contributed by atoms with van der Waals surface area (Å²) in [5, 5.41) is 5.14. The topological polar surface area (TPSA) is 160 Å². The quantitative estimate of drug-likeness (QED) is 0.0894. The van der Waals surface area contributed by atoms with Crippen LogP contribution in [0.25, 0.3) is 0 Å². The number of sulfone groups is 1. The Kier molecular flexibility index (Phi) is 14.9. The Bertz CT molecular complexity index is 1120. The predicted molar refractivity (Wildman–Crippen MR) is 142 cm³/mol. The fourth-order valence-corrected chi connectivity index (χ4v) is 6.01. The van der Waals surface area contributed by atoms with Crippen LogP contribution in [0.1, 0.15) is 57.8 Å². The highest BCUT2D eigenvalue weighted by atomic mass is 32.2. The van der Waals surface area contributed by atoms with Gasteiger partial charge >= 0.3 is 0 Å². The Labute approximate surface area is 234 Å². The van der Waals surface area contributed by atoms with E-state index < -0.39 is 78.9 Å². The second kappa shape index (κ2) is 17.5. The van der Waals surface area contributed by atoms with Gasteiger partial charge < -0.3 is 24.9 Å². The third-order valence-electron chi connectivity index (χ3n) is 6.15. The summed E-state index contributed by atoms with van der Waals surface area (Å²) in [6, 6.07) is -0.445. The molecule has 4 N–H and O–H groups in total. The average molecular weight is 616 g/mol. The summed E-state index contributed by atoms with van der Waals surface area (Å²) in [6.07, 6.45) is 5.79. The van der Waals surface area contributed by atoms with Crippen molar-refractivity contribution in [3.8, 4) is 0 Å². The number of hydrogen-bond donors (Lipinski definition) is 4. The summed E-state index contributed by atoms with van der Waals surface area (Å²) >= 11 is -2.97. The summed E-state index contributed by atoms with van der Waals surface area (Å²) in [5.74, 6) is -7.11. The molecule has 11 nitrogen and oxygen atoms in total. The van der Waals surface area contributed by atoms with Gasteiger partial charge in [-0.2, -0.15) is 0 Å². The van der Waals surface area contributed by atoms with Crippen molar-refractivity contribution in [2.75, 3.05) is 48.8 Å². The Hall–Kier alpha value is -2.27. The lowest BCUT2D eigenvalue weighted by molar-refractivity contribution is -0.121. The first-order valence-corrected chi connectivity index (χ1v) is 15.8. The van der Waals surface area contributed by atoms with Crippen LogP contribution < -0.4 is 15.4 Å². The third kappa shape index (κ3) is 11.0. The Morgan fingerprint density at radius 3 is 2.20 bits per heavy atom. The van der Waals surface area contributed by atoms with Crippen LogP contribution in [-0.2, 0) is 40.2 Å². The lowest BCUT2D eigenvalue weighted by Crippen LogP contribution is -2.30. The zero-order valence-electron chi connectivity index (χ0n) is 22.0. The van der Waals surface area contributed by atoms with Gasteiger partial charge in [-0.3, -0.25) is 14.1 Å². The number of hydrogen-bond acceptors (Lipinski definition) is 8. The number of halogens is 3. The molecule has 2 rings (SSSR count). The van der Waals surface area contributed by atoms with Crippen molar-refractivity contribution < 1.29 is 49.4 Å². The van der Waals surface area contributed by atoms with Crippen LogP contribution in [0.3, 0.4) is 0 Å². The summed E-state index contributed by atoms with van der Waals surface area (Å²) in [7, 11) is -4.74. The molecule has 1 unspecified atom stereocenters. The first kappa shape index (κ1) is 33.9. The van der Waals surface area contributed by atoms with Crippen LogP contribution in [0.15, 0.2) is 4.90 Å². The molecule has 0 aromatic heterocycles. The number of nitrogens with one attached hydrogen (secondary N) is 3. The SMILES string of the molecule is O=CCCOCCOCCNC(=O)CCS(=O)(=O)c1c(F)c(F)c(NS(=O)O)c(F)c1NC1CCCCCCC1. The average Bonchev–Trinajstić information content (AvgIpc) is 2.88. The molecule has 228 valence electrons. The standard InChI is InChI=1S/C24H36F3N3O8S2/c25-19-20(26)24(40(35,36)16-9-18(32)28-10-13-38-15-14-37-12-6-11-31)23(21(27)22(19)30-39(33)34)29-17-7-4-2-1-3-5-8-17/h11,17,29-30H,1-10,12-16H2,(H,28,32)(H,33,34). The van der Waals surface area contributed by atoms with Crippen molar-refractivity contribution in [2.24, 2.45) is 0 Å². The molecule has 1 saturated carbocycles. The molecular formula is C24H36F3N3O8S2. The fourth-order valence-electron chi connectivity index (χ4n) is 4.18. The van der Waals surface area contributed by atoms with Crippen molar-refractivity contribution in [3.05, 3.63) is 17.5 Å². The van der Waals surface area contributed by atoms with Crippen LogP contribution in [0, 0.1) is 17.5 Å². The molecule has 1 aromatic carbocycles. The second-order valence-electron chi connectivity index (χ2n) is 9.16. The Balaban J connectivity index is 2.12. The maximum absolute atomic E-state index is 15.4. The number of benzene rings is 1. The normalized spacial score (nSPS) is 15.6. The summed E-state index contributed by atoms with van der Waals surface area (Å²) < 4.78 is 104. The molecule has 1 amide bonds. The van der Waals surface area contributed by atoms with Crippen LogP contribution in [-0.4, -0.2) is 74.1 Å². The first-order chi connectivity index (χ1) is 19.1. The molecule has 0 spiro atoms. The van der Waals surface area contributed by atoms with Gasteiger partial charge in [0.15, 0.2) is 27.3 Å². The van der Waals surface area contributed by atoms with E-state index in [1.807, 2.05) is 0 Å². The van der Waals surface area contributed by atoms with Gasteiger partial charge in [-0.25, -0.2) is 25.8 Å². The van der Waals surface area contributed by atoms with E-state index in [2.05, 4.69) is 10.6 Å². The molecule has 0 heterocycles. The number of anilines is 2. The van der Waals surface area contributed by atoms with Crippen LogP contribution in [0.4, 0.5) is 24.5 Å². The minimum Gasteiger partial charge on any atom is -0.379 e. The lowest BCUT2D eigenvalue weighted by atomic mass is 9.96. The lowest BCUT2D eigenvalue weighted by Gasteiger charge is -2.25. The van der Waals surface area contributed by atoms with Gasteiger partial charge in [0.05, 0.1) is 37.9 Å². The third-order valence-corrected chi connectivity index (χ3v) is 8.28. The fraction of sp³-hybridized carbons (Fsp3) is 0.667. The number of carbonyl (C=O) groups excluding carboxylic acids is 2. The van der Waals surface area contributed by atoms with E-state index in [1.165, 1.54) is 0 Å². The van der Waals surface area contributed by atoms with E-state index >= 15 is 8.78 Å². The molecule has 0 bridgehead atoms. The monoisotopic (exact) mass is 615 g/mol. The van der Waals surface area contributed by atoms with Gasteiger partial charge in [0, 0.05) is 25.4 Å². The van der Waals surface area contributed by atoms with Crippen molar-refractivity contribution in [3.63, 3.8) is 0 Å². The molecular weight excluding hydrogens is 579 g/mol. The van der Waals surface area contributed by atoms with E-state index in [4.69, 9.17) is 14.0 Å². The molecule has 1 atom stereocenters. The smallest absolute Gasteiger partial charge is 0.259 e. The van der Waals surface area contributed by atoms with Crippen molar-refractivity contribution >= 4 is 44.7 Å². The van der Waals surface area contributed by atoms with Gasteiger partial charge in [-0.1, -0.05) is 32.1 Å². The number of rotatable bonds is 17. The molecule has 1 aliphatic rings. The van der Waals surface area contributed by atoms with Gasteiger partial charge in [0.2, 0.25) is 5.91 Å². The summed E-state index contributed by atoms with van der Waals surface area (Å²) in [4.78, 5) is 21.1. The second-order valence-corrected chi connectivity index (χ2v) is 11.9. The maximum atomic E-state index is 15.4. The van der Waals surface area contributed by atoms with Gasteiger partial charge in [0.25, 0.3) is 11.3 Å². The van der Waals surface area contributed by atoms with E-state index in [-0.39, 0.29) is 39.4 Å². The predicted octanol–water partition coefficient (Wildman–Crippen LogP) is 3.08. The molecule has 0 aliphatic heterocycles. The van der Waals surface area contributed by atoms with E-state index in [0.717, 1.165) is 38.4 Å². The first-order valence-electron chi connectivity index (χ1n) is 13.0. The van der Waals surface area contributed by atoms with Gasteiger partial charge in [-0.15, -0.1) is 0 Å². The largest absolute Gasteiger partial charge is 0.379 e. The summed E-state index contributed by atoms with van der Waals surface area (Å²) in [5.41, 5.74) is -2.13. The number of aldehydes is 1. The van der Waals surface area contributed by atoms with Gasteiger partial charge in [-0.05, 0) is 12.8 Å². The van der Waals surface area contributed by atoms with Crippen molar-refractivity contribution in [2.45, 2.75) is 68.7 Å². The van der Waals surface area contributed by atoms with E-state index in [0.29, 0.717) is 12.8 Å². The molecule has 16 heteroatoms. The Morgan fingerprint density at radius 1 is 0.950 bits per heavy atom. The molecule has 40 heavy (non-hydrogen) atoms. The van der Waals surface area contributed by atoms with Gasteiger partial charge in [0.1, 0.15) is 16.9 Å². The molecule has 0 saturated heterocycles. The zero-order chi connectivity index (χ0) is 29.5. The highest BCUT2D eigenvalue weighted by Crippen LogP contribution is 2.38. The Morgan fingerprint density at radius 2 is 1.57 bits per heavy atom. The zero-order valence-corrected chi connectivity index (χ0v) is 23.6. The molecule has 1 aromatic rings. The van der Waals surface area contributed by atoms with Crippen LogP contribution >= 0.6 is 0 Å². The number of ether oxygens (including phenoxy) is 2. The molecule has 1 fully saturated rings. The minimum absolute atomic E-state index is 0.0397. The van der Waals surface area contributed by atoms with E-state index in [9.17, 15) is 26.6 Å². The minimum atomic E-state index is -4.74. The van der Waals surface area contributed by atoms with Crippen LogP contribution in [0.2, 0.25) is 0 Å².